The summed E-state index contributed by atoms with van der Waals surface area (Å²) in [6, 6.07) is 5.53. The van der Waals surface area contributed by atoms with Crippen molar-refractivity contribution in [3.05, 3.63) is 89.5 Å². The predicted molar refractivity (Wildman–Crippen MR) is 99.4 cm³/mol. The van der Waals surface area contributed by atoms with Gasteiger partial charge in [-0.15, -0.1) is 0 Å². The minimum atomic E-state index is -4.97. The Bertz CT molecular complexity index is 1090. The van der Waals surface area contributed by atoms with Crippen LogP contribution in [0.4, 0.5) is 39.5 Å². The van der Waals surface area contributed by atoms with Crippen LogP contribution in [0.3, 0.4) is 0 Å². The lowest BCUT2D eigenvalue weighted by molar-refractivity contribution is -0.208. The van der Waals surface area contributed by atoms with E-state index in [0.29, 0.717) is 24.7 Å². The lowest BCUT2D eigenvalue weighted by Crippen LogP contribution is -2.23. The lowest BCUT2D eigenvalue weighted by Gasteiger charge is -2.13. The van der Waals surface area contributed by atoms with Crippen LogP contribution in [-0.2, 0) is 0 Å². The molecule has 35 heavy (non-hydrogen) atoms. The second-order valence-electron chi connectivity index (χ2n) is 6.05. The highest BCUT2D eigenvalue weighted by Gasteiger charge is 2.40. The maximum atomic E-state index is 12.2. The van der Waals surface area contributed by atoms with Crippen LogP contribution in [0.25, 0.3) is 0 Å². The highest BCUT2D eigenvalue weighted by atomic mass is 19.4. The van der Waals surface area contributed by atoms with E-state index < -0.39 is 53.1 Å². The zero-order valence-corrected chi connectivity index (χ0v) is 16.9. The first-order chi connectivity index (χ1) is 16.1. The molecule has 1 atom stereocenters. The summed E-state index contributed by atoms with van der Waals surface area (Å²) in [5, 5.41) is 8.64. The molecule has 3 heterocycles. The van der Waals surface area contributed by atoms with Gasteiger partial charge in [0.2, 0.25) is 0 Å². The Hall–Kier alpha value is -3.88. The first kappa shape index (κ1) is 29.2. The molecule has 3 aromatic heterocycles. The predicted octanol–water partition coefficient (Wildman–Crippen LogP) is 4.82. The topological polar surface area (TPSA) is 93.0 Å². The van der Waals surface area contributed by atoms with Crippen LogP contribution < -0.4 is 0 Å². The highest BCUT2D eigenvalue weighted by molar-refractivity contribution is 5.98. The van der Waals surface area contributed by atoms with Crippen LogP contribution in [0.2, 0.25) is 0 Å². The van der Waals surface area contributed by atoms with Gasteiger partial charge < -0.3 is 5.11 Å². The number of pyridine rings is 3. The van der Waals surface area contributed by atoms with Gasteiger partial charge in [-0.1, -0.05) is 0 Å². The SMILES string of the molecule is O=C(c1ccc(F)cn1)C(F)(F)F.O=Cc1ccc(F)cn1.OC(c1ccc(F)cn1)C(F)(F)F. The van der Waals surface area contributed by atoms with Crippen molar-refractivity contribution < 1.29 is 54.2 Å². The van der Waals surface area contributed by atoms with Gasteiger partial charge in [0.1, 0.15) is 28.8 Å². The maximum absolute atomic E-state index is 12.2. The third-order valence-corrected chi connectivity index (χ3v) is 3.43. The zero-order valence-electron chi connectivity index (χ0n) is 16.9. The van der Waals surface area contributed by atoms with Crippen molar-refractivity contribution in [1.29, 1.82) is 0 Å². The molecule has 0 amide bonds. The van der Waals surface area contributed by atoms with Gasteiger partial charge in [-0.3, -0.25) is 19.6 Å². The van der Waals surface area contributed by atoms with Crippen LogP contribution in [0.15, 0.2) is 55.0 Å². The molecule has 0 aromatic carbocycles. The molecule has 1 unspecified atom stereocenters. The summed E-state index contributed by atoms with van der Waals surface area (Å²) in [5.41, 5.74) is -1.18. The van der Waals surface area contributed by atoms with E-state index in [0.717, 1.165) is 24.4 Å². The summed E-state index contributed by atoms with van der Waals surface area (Å²) in [6.07, 6.45) is -9.66. The molecule has 0 bridgehead atoms. The number of rotatable bonds is 3. The number of aromatic nitrogens is 3. The number of Topliss-reactive ketones (excluding diaryl/α,β-unsaturated/α-hetero) is 1. The van der Waals surface area contributed by atoms with Crippen molar-refractivity contribution in [3.63, 3.8) is 0 Å². The van der Waals surface area contributed by atoms with E-state index in [4.69, 9.17) is 5.11 Å². The summed E-state index contributed by atoms with van der Waals surface area (Å²) in [4.78, 5) is 30.0. The van der Waals surface area contributed by atoms with Gasteiger partial charge in [-0.05, 0) is 36.4 Å². The van der Waals surface area contributed by atoms with Crippen molar-refractivity contribution >= 4 is 12.1 Å². The van der Waals surface area contributed by atoms with Crippen LogP contribution in [-0.4, -0.2) is 44.5 Å². The number of ketones is 1. The number of nitrogens with zero attached hydrogens (tertiary/aromatic N) is 3. The number of halogens is 9. The minimum absolute atomic E-state index is 0.247. The molecule has 0 radical (unpaired) electrons. The molecule has 1 N–H and O–H groups in total. The Morgan fingerprint density at radius 1 is 0.771 bits per heavy atom. The van der Waals surface area contributed by atoms with Crippen molar-refractivity contribution in [2.45, 2.75) is 18.5 Å². The molecule has 0 aliphatic heterocycles. The van der Waals surface area contributed by atoms with Crippen molar-refractivity contribution in [1.82, 2.24) is 15.0 Å². The molecule has 0 aliphatic rings. The monoisotopic (exact) mass is 513 g/mol. The molecular formula is C20H12F9N3O3. The maximum Gasteiger partial charge on any atom is 0.456 e. The fourth-order valence-corrected chi connectivity index (χ4v) is 1.83. The second kappa shape index (κ2) is 12.5. The van der Waals surface area contributed by atoms with Gasteiger partial charge in [0, 0.05) is 0 Å². The zero-order chi connectivity index (χ0) is 26.8. The average Bonchev–Trinajstić information content (AvgIpc) is 2.79. The van der Waals surface area contributed by atoms with Gasteiger partial charge in [0.25, 0.3) is 5.78 Å². The Kier molecular flexibility index (Phi) is 10.4. The number of aliphatic hydroxyl groups is 1. The number of aldehydes is 1. The highest BCUT2D eigenvalue weighted by Crippen LogP contribution is 2.31. The standard InChI is InChI=1S/C7H5F4NO.C7H3F4NO.C6H4FNO/c2*8-4-1-2-5(12-3-4)6(13)7(9,10)11;7-5-1-2-6(4-9)8-3-5/h1-3,6,13H;1-3H;1-4H. The van der Waals surface area contributed by atoms with Crippen LogP contribution in [0, 0.1) is 17.5 Å². The van der Waals surface area contributed by atoms with Gasteiger partial charge in [-0.2, -0.15) is 26.3 Å². The largest absolute Gasteiger partial charge is 0.456 e. The molecule has 0 fully saturated rings. The summed E-state index contributed by atoms with van der Waals surface area (Å²) in [6.45, 7) is 0. The number of alkyl halides is 6. The van der Waals surface area contributed by atoms with E-state index in [-0.39, 0.29) is 5.69 Å². The smallest absolute Gasteiger partial charge is 0.378 e. The van der Waals surface area contributed by atoms with Gasteiger partial charge in [0.15, 0.2) is 12.4 Å². The average molecular weight is 513 g/mol. The number of aliphatic hydroxyl groups excluding tert-OH is 1. The Balaban J connectivity index is 0.000000267. The van der Waals surface area contributed by atoms with Crippen LogP contribution in [0.1, 0.15) is 32.8 Å². The molecule has 6 nitrogen and oxygen atoms in total. The fraction of sp³-hybridized carbons (Fsp3) is 0.150. The fourth-order valence-electron chi connectivity index (χ4n) is 1.83. The van der Waals surface area contributed by atoms with Gasteiger partial charge >= 0.3 is 12.4 Å². The molecule has 0 saturated heterocycles. The molecule has 0 saturated carbocycles. The van der Waals surface area contributed by atoms with E-state index in [1.54, 1.807) is 0 Å². The number of hydrogen-bond donors (Lipinski definition) is 1. The Labute approximate surface area is 190 Å². The first-order valence-electron chi connectivity index (χ1n) is 8.81. The third-order valence-electron chi connectivity index (χ3n) is 3.43. The summed E-state index contributed by atoms with van der Waals surface area (Å²) < 4.78 is 107. The lowest BCUT2D eigenvalue weighted by atomic mass is 10.2. The first-order valence-corrected chi connectivity index (χ1v) is 8.81. The molecular weight excluding hydrogens is 501 g/mol. The van der Waals surface area contributed by atoms with Crippen molar-refractivity contribution in [2.75, 3.05) is 0 Å². The van der Waals surface area contributed by atoms with Gasteiger partial charge in [0.05, 0.1) is 24.3 Å². The van der Waals surface area contributed by atoms with E-state index in [1.807, 2.05) is 0 Å². The molecule has 3 aromatic rings. The van der Waals surface area contributed by atoms with E-state index in [2.05, 4.69) is 15.0 Å². The van der Waals surface area contributed by atoms with E-state index in [9.17, 15) is 49.1 Å². The molecule has 3 rings (SSSR count). The quantitative estimate of drug-likeness (QED) is 0.307. The number of carbonyl (C=O) groups is 2. The Morgan fingerprint density at radius 3 is 1.60 bits per heavy atom. The minimum Gasteiger partial charge on any atom is -0.378 e. The molecule has 15 heteroatoms. The summed E-state index contributed by atoms with van der Waals surface area (Å²) >= 11 is 0. The second-order valence-corrected chi connectivity index (χ2v) is 6.05. The summed E-state index contributed by atoms with van der Waals surface area (Å²) in [7, 11) is 0. The third kappa shape index (κ3) is 10.3. The molecule has 0 spiro atoms. The van der Waals surface area contributed by atoms with Crippen molar-refractivity contribution in [3.8, 4) is 0 Å². The molecule has 188 valence electrons. The van der Waals surface area contributed by atoms with Gasteiger partial charge in [-0.25, -0.2) is 18.2 Å². The van der Waals surface area contributed by atoms with Crippen LogP contribution in [0.5, 0.6) is 0 Å². The van der Waals surface area contributed by atoms with Crippen molar-refractivity contribution in [2.24, 2.45) is 0 Å². The molecule has 0 aliphatic carbocycles. The summed E-state index contributed by atoms with van der Waals surface area (Å²) in [5.74, 6) is -4.05. The van der Waals surface area contributed by atoms with E-state index >= 15 is 0 Å². The van der Waals surface area contributed by atoms with Crippen LogP contribution >= 0.6 is 0 Å². The number of hydrogen-bond acceptors (Lipinski definition) is 6. The number of carbonyl (C=O) groups excluding carboxylic acids is 2. The van der Waals surface area contributed by atoms with E-state index in [1.165, 1.54) is 12.1 Å². The Morgan fingerprint density at radius 2 is 1.26 bits per heavy atom. The normalized spacial score (nSPS) is 11.8.